The highest BCUT2D eigenvalue weighted by Gasteiger charge is 2.00. The van der Waals surface area contributed by atoms with Crippen LogP contribution in [-0.4, -0.2) is 64.5 Å². The molecule has 0 aliphatic rings. The lowest BCUT2D eigenvalue weighted by Crippen LogP contribution is -2.26. The maximum Gasteiger partial charge on any atom is 0.222 e. The van der Waals surface area contributed by atoms with Gasteiger partial charge in [-0.05, 0) is 6.42 Å². The average molecular weight is 332 g/mol. The Labute approximate surface area is 139 Å². The van der Waals surface area contributed by atoms with E-state index in [0.717, 1.165) is 19.4 Å². The van der Waals surface area contributed by atoms with Crippen LogP contribution in [0.5, 0.6) is 0 Å². The van der Waals surface area contributed by atoms with Gasteiger partial charge in [0.15, 0.2) is 0 Å². The quantitative estimate of drug-likeness (QED) is 0.410. The van der Waals surface area contributed by atoms with Gasteiger partial charge in [0.25, 0.3) is 0 Å². The van der Waals surface area contributed by atoms with Crippen LogP contribution in [0.3, 0.4) is 0 Å². The second kappa shape index (κ2) is 17.2. The Hall–Kier alpha value is -1.18. The van der Waals surface area contributed by atoms with Crippen LogP contribution >= 0.6 is 0 Å². The zero-order chi connectivity index (χ0) is 17.2. The van der Waals surface area contributed by atoms with Crippen LogP contribution in [0.15, 0.2) is 0 Å². The predicted molar refractivity (Wildman–Crippen MR) is 88.3 cm³/mol. The SMILES string of the molecule is CCCCNC(=O)CCOCCOCCOCCNC(=O)CC. The predicted octanol–water partition coefficient (Wildman–Crippen LogP) is 0.869. The number of hydrogen-bond donors (Lipinski definition) is 2. The summed E-state index contributed by atoms with van der Waals surface area (Å²) in [6.07, 6.45) is 2.96. The van der Waals surface area contributed by atoms with Gasteiger partial charge in [-0.25, -0.2) is 0 Å². The summed E-state index contributed by atoms with van der Waals surface area (Å²) in [5.74, 6) is 0.0592. The lowest BCUT2D eigenvalue weighted by Gasteiger charge is -2.07. The number of rotatable bonds is 16. The molecule has 0 heterocycles. The molecule has 0 atom stereocenters. The molecule has 0 saturated carbocycles. The van der Waals surface area contributed by atoms with Crippen LogP contribution in [0.1, 0.15) is 39.5 Å². The second-order valence-corrected chi connectivity index (χ2v) is 4.99. The van der Waals surface area contributed by atoms with Crippen LogP contribution < -0.4 is 10.6 Å². The van der Waals surface area contributed by atoms with Gasteiger partial charge in [-0.1, -0.05) is 20.3 Å². The lowest BCUT2D eigenvalue weighted by atomic mass is 10.3. The van der Waals surface area contributed by atoms with Gasteiger partial charge in [-0.3, -0.25) is 9.59 Å². The molecule has 0 aliphatic heterocycles. The average Bonchev–Trinajstić information content (AvgIpc) is 2.55. The molecule has 2 N–H and O–H groups in total. The minimum atomic E-state index is 0.0287. The van der Waals surface area contributed by atoms with Gasteiger partial charge in [0, 0.05) is 25.9 Å². The first-order chi connectivity index (χ1) is 11.2. The van der Waals surface area contributed by atoms with Crippen LogP contribution in [0.25, 0.3) is 0 Å². The van der Waals surface area contributed by atoms with Crippen molar-refractivity contribution in [3.8, 4) is 0 Å². The Morgan fingerprint density at radius 2 is 1.30 bits per heavy atom. The molecule has 0 saturated heterocycles. The van der Waals surface area contributed by atoms with Crippen LogP contribution in [0.2, 0.25) is 0 Å². The van der Waals surface area contributed by atoms with Crippen molar-refractivity contribution in [2.24, 2.45) is 0 Å². The summed E-state index contributed by atoms with van der Waals surface area (Å²) in [4.78, 5) is 22.3. The van der Waals surface area contributed by atoms with Crippen LogP contribution in [-0.2, 0) is 23.8 Å². The van der Waals surface area contributed by atoms with E-state index in [-0.39, 0.29) is 11.8 Å². The maximum atomic E-state index is 11.4. The van der Waals surface area contributed by atoms with E-state index in [9.17, 15) is 9.59 Å². The molecule has 136 valence electrons. The van der Waals surface area contributed by atoms with Gasteiger partial charge in [-0.15, -0.1) is 0 Å². The van der Waals surface area contributed by atoms with Crippen molar-refractivity contribution < 1.29 is 23.8 Å². The fourth-order valence-electron chi connectivity index (χ4n) is 1.59. The van der Waals surface area contributed by atoms with Gasteiger partial charge in [-0.2, -0.15) is 0 Å². The van der Waals surface area contributed by atoms with Gasteiger partial charge in [0.1, 0.15) is 0 Å². The van der Waals surface area contributed by atoms with Crippen molar-refractivity contribution in [3.05, 3.63) is 0 Å². The topological polar surface area (TPSA) is 85.9 Å². The van der Waals surface area contributed by atoms with E-state index in [0.29, 0.717) is 59.0 Å². The summed E-state index contributed by atoms with van der Waals surface area (Å²) < 4.78 is 16.0. The second-order valence-electron chi connectivity index (χ2n) is 4.99. The Balaban J connectivity index is 3.13. The van der Waals surface area contributed by atoms with Crippen molar-refractivity contribution in [1.82, 2.24) is 10.6 Å². The maximum absolute atomic E-state index is 11.4. The summed E-state index contributed by atoms with van der Waals surface area (Å²) in [7, 11) is 0. The third-order valence-corrected chi connectivity index (χ3v) is 2.96. The van der Waals surface area contributed by atoms with Gasteiger partial charge < -0.3 is 24.8 Å². The number of unbranched alkanes of at least 4 members (excludes halogenated alkanes) is 1. The van der Waals surface area contributed by atoms with E-state index in [1.54, 1.807) is 0 Å². The highest BCUT2D eigenvalue weighted by atomic mass is 16.5. The van der Waals surface area contributed by atoms with Crippen molar-refractivity contribution in [2.75, 3.05) is 52.7 Å². The molecule has 7 nitrogen and oxygen atoms in total. The highest BCUT2D eigenvalue weighted by molar-refractivity contribution is 5.76. The molecule has 0 unspecified atom stereocenters. The lowest BCUT2D eigenvalue weighted by molar-refractivity contribution is -0.122. The van der Waals surface area contributed by atoms with E-state index >= 15 is 0 Å². The largest absolute Gasteiger partial charge is 0.379 e. The monoisotopic (exact) mass is 332 g/mol. The molecule has 0 fully saturated rings. The fourth-order valence-corrected chi connectivity index (χ4v) is 1.59. The standard InChI is InChI=1S/C16H32N2O5/c1-3-5-7-17-16(20)6-9-21-11-13-23-14-12-22-10-8-18-15(19)4-2/h3-14H2,1-2H3,(H,17,20)(H,18,19). The number of nitrogens with one attached hydrogen (secondary N) is 2. The zero-order valence-corrected chi connectivity index (χ0v) is 14.5. The number of carbonyl (C=O) groups is 2. The van der Waals surface area contributed by atoms with Crippen LogP contribution in [0, 0.1) is 0 Å². The van der Waals surface area contributed by atoms with Gasteiger partial charge in [0.2, 0.25) is 11.8 Å². The summed E-state index contributed by atoms with van der Waals surface area (Å²) in [6.45, 7) is 7.98. The summed E-state index contributed by atoms with van der Waals surface area (Å²) >= 11 is 0. The molecular weight excluding hydrogens is 300 g/mol. The normalized spacial score (nSPS) is 10.5. The Bertz CT molecular complexity index is 300. The van der Waals surface area contributed by atoms with E-state index < -0.39 is 0 Å². The van der Waals surface area contributed by atoms with E-state index in [4.69, 9.17) is 14.2 Å². The molecule has 7 heteroatoms. The molecule has 2 amide bonds. The molecule has 23 heavy (non-hydrogen) atoms. The van der Waals surface area contributed by atoms with E-state index in [2.05, 4.69) is 17.6 Å². The summed E-state index contributed by atoms with van der Waals surface area (Å²) in [5, 5.41) is 5.56. The minimum absolute atomic E-state index is 0.0287. The van der Waals surface area contributed by atoms with Crippen molar-refractivity contribution >= 4 is 11.8 Å². The number of amides is 2. The first-order valence-electron chi connectivity index (χ1n) is 8.47. The first-order valence-corrected chi connectivity index (χ1v) is 8.47. The Morgan fingerprint density at radius 1 is 0.739 bits per heavy atom. The molecule has 0 bridgehead atoms. The number of ether oxygens (including phenoxy) is 3. The van der Waals surface area contributed by atoms with Crippen molar-refractivity contribution in [2.45, 2.75) is 39.5 Å². The fraction of sp³-hybridized carbons (Fsp3) is 0.875. The Morgan fingerprint density at radius 3 is 1.91 bits per heavy atom. The molecule has 0 radical (unpaired) electrons. The number of carbonyl (C=O) groups excluding carboxylic acids is 2. The minimum Gasteiger partial charge on any atom is -0.379 e. The third kappa shape index (κ3) is 17.0. The smallest absolute Gasteiger partial charge is 0.222 e. The molecule has 0 aliphatic carbocycles. The molecular formula is C16H32N2O5. The molecule has 0 rings (SSSR count). The molecule has 0 spiro atoms. The van der Waals surface area contributed by atoms with Gasteiger partial charge >= 0.3 is 0 Å². The highest BCUT2D eigenvalue weighted by Crippen LogP contribution is 1.87. The van der Waals surface area contributed by atoms with Crippen LogP contribution in [0.4, 0.5) is 0 Å². The Kier molecular flexibility index (Phi) is 16.3. The number of hydrogen-bond acceptors (Lipinski definition) is 5. The molecule has 0 aromatic heterocycles. The van der Waals surface area contributed by atoms with Gasteiger partial charge in [0.05, 0.1) is 39.6 Å². The first kappa shape index (κ1) is 21.8. The third-order valence-electron chi connectivity index (χ3n) is 2.96. The van der Waals surface area contributed by atoms with Crippen molar-refractivity contribution in [1.29, 1.82) is 0 Å². The van der Waals surface area contributed by atoms with E-state index in [1.807, 2.05) is 6.92 Å². The summed E-state index contributed by atoms with van der Waals surface area (Å²) in [6, 6.07) is 0. The van der Waals surface area contributed by atoms with E-state index in [1.165, 1.54) is 0 Å². The molecule has 0 aromatic rings. The van der Waals surface area contributed by atoms with Crippen molar-refractivity contribution in [3.63, 3.8) is 0 Å². The molecule has 0 aromatic carbocycles. The zero-order valence-electron chi connectivity index (χ0n) is 14.5. The summed E-state index contributed by atoms with van der Waals surface area (Å²) in [5.41, 5.74) is 0.